The Balaban J connectivity index is 1.48. The molecule has 3 heterocycles. The van der Waals surface area contributed by atoms with E-state index in [1.54, 1.807) is 11.8 Å². The lowest BCUT2D eigenvalue weighted by atomic mass is 9.89. The van der Waals surface area contributed by atoms with Gasteiger partial charge in [0.15, 0.2) is 5.82 Å². The normalized spacial score (nSPS) is 23.6. The molecule has 0 spiro atoms. The SMILES string of the molecule is CSCc1noc(CNC(=O)C2CNCC(C(=O)N3CCCC3)C2)n1. The van der Waals surface area contributed by atoms with Crippen molar-refractivity contribution in [2.45, 2.75) is 31.6 Å². The van der Waals surface area contributed by atoms with Crippen molar-refractivity contribution in [3.05, 3.63) is 11.7 Å². The number of nitrogens with one attached hydrogen (secondary N) is 2. The first-order chi connectivity index (χ1) is 12.2. The summed E-state index contributed by atoms with van der Waals surface area (Å²) >= 11 is 1.61. The minimum Gasteiger partial charge on any atom is -0.347 e. The van der Waals surface area contributed by atoms with Gasteiger partial charge in [0.25, 0.3) is 0 Å². The molecule has 0 aromatic carbocycles. The molecule has 2 fully saturated rings. The predicted molar refractivity (Wildman–Crippen MR) is 93.6 cm³/mol. The molecule has 3 rings (SSSR count). The van der Waals surface area contributed by atoms with E-state index in [0.29, 0.717) is 37.0 Å². The van der Waals surface area contributed by atoms with E-state index in [1.165, 1.54) is 0 Å². The van der Waals surface area contributed by atoms with Gasteiger partial charge in [0.2, 0.25) is 17.7 Å². The van der Waals surface area contributed by atoms with Crippen LogP contribution in [0, 0.1) is 11.8 Å². The summed E-state index contributed by atoms with van der Waals surface area (Å²) in [4.78, 5) is 31.1. The van der Waals surface area contributed by atoms with E-state index in [2.05, 4.69) is 20.8 Å². The molecule has 0 aliphatic carbocycles. The third kappa shape index (κ3) is 4.72. The second kappa shape index (κ2) is 8.66. The molecule has 25 heavy (non-hydrogen) atoms. The highest BCUT2D eigenvalue weighted by molar-refractivity contribution is 7.97. The first-order valence-electron chi connectivity index (χ1n) is 8.75. The van der Waals surface area contributed by atoms with Crippen molar-refractivity contribution < 1.29 is 14.1 Å². The molecule has 1 aromatic heterocycles. The summed E-state index contributed by atoms with van der Waals surface area (Å²) in [5.74, 6) is 1.51. The molecule has 2 N–H and O–H groups in total. The molecular weight excluding hydrogens is 342 g/mol. The van der Waals surface area contributed by atoms with Gasteiger partial charge in [-0.3, -0.25) is 9.59 Å². The fraction of sp³-hybridized carbons (Fsp3) is 0.750. The summed E-state index contributed by atoms with van der Waals surface area (Å²) in [6.07, 6.45) is 4.72. The summed E-state index contributed by atoms with van der Waals surface area (Å²) in [5.41, 5.74) is 0. The summed E-state index contributed by atoms with van der Waals surface area (Å²) in [5, 5.41) is 9.93. The van der Waals surface area contributed by atoms with Crippen LogP contribution >= 0.6 is 11.8 Å². The lowest BCUT2D eigenvalue weighted by Crippen LogP contribution is -2.48. The van der Waals surface area contributed by atoms with Crippen LogP contribution in [0.5, 0.6) is 0 Å². The van der Waals surface area contributed by atoms with Crippen LogP contribution in [0.25, 0.3) is 0 Å². The van der Waals surface area contributed by atoms with Crippen LogP contribution in [0.2, 0.25) is 0 Å². The third-order valence-corrected chi connectivity index (χ3v) is 5.23. The van der Waals surface area contributed by atoms with Gasteiger partial charge in [0.1, 0.15) is 0 Å². The van der Waals surface area contributed by atoms with Gasteiger partial charge in [-0.25, -0.2) is 0 Å². The third-order valence-electron chi connectivity index (χ3n) is 4.69. The molecule has 2 saturated heterocycles. The first kappa shape index (κ1) is 18.2. The van der Waals surface area contributed by atoms with Crippen LogP contribution in [-0.4, -0.2) is 59.3 Å². The molecule has 2 aliphatic rings. The highest BCUT2D eigenvalue weighted by Gasteiger charge is 2.34. The number of piperidine rings is 1. The number of hydrogen-bond donors (Lipinski definition) is 2. The second-order valence-electron chi connectivity index (χ2n) is 6.58. The maximum absolute atomic E-state index is 12.5. The van der Waals surface area contributed by atoms with E-state index in [4.69, 9.17) is 4.52 Å². The zero-order valence-electron chi connectivity index (χ0n) is 14.5. The number of nitrogens with zero attached hydrogens (tertiary/aromatic N) is 3. The van der Waals surface area contributed by atoms with E-state index in [1.807, 2.05) is 11.2 Å². The molecule has 2 atom stereocenters. The number of carbonyl (C=O) groups excluding carboxylic acids is 2. The zero-order valence-corrected chi connectivity index (χ0v) is 15.3. The zero-order chi connectivity index (χ0) is 17.6. The largest absolute Gasteiger partial charge is 0.347 e. The summed E-state index contributed by atoms with van der Waals surface area (Å²) in [7, 11) is 0. The number of rotatable bonds is 6. The maximum atomic E-state index is 12.5. The number of aromatic nitrogens is 2. The van der Waals surface area contributed by atoms with E-state index < -0.39 is 0 Å². The first-order valence-corrected chi connectivity index (χ1v) is 10.1. The number of thioether (sulfide) groups is 1. The fourth-order valence-corrected chi connectivity index (χ4v) is 3.76. The van der Waals surface area contributed by atoms with Crippen LogP contribution in [0.15, 0.2) is 4.52 Å². The van der Waals surface area contributed by atoms with Gasteiger partial charge in [0, 0.05) is 26.2 Å². The Morgan fingerprint density at radius 3 is 2.84 bits per heavy atom. The van der Waals surface area contributed by atoms with Crippen molar-refractivity contribution in [3.8, 4) is 0 Å². The Kier molecular flexibility index (Phi) is 6.30. The predicted octanol–water partition coefficient (Wildman–Crippen LogP) is 0.397. The topological polar surface area (TPSA) is 100 Å². The lowest BCUT2D eigenvalue weighted by Gasteiger charge is -2.31. The van der Waals surface area contributed by atoms with Crippen molar-refractivity contribution in [1.82, 2.24) is 25.7 Å². The summed E-state index contributed by atoms with van der Waals surface area (Å²) in [6, 6.07) is 0. The lowest BCUT2D eigenvalue weighted by molar-refractivity contribution is -0.136. The minimum atomic E-state index is -0.209. The van der Waals surface area contributed by atoms with Gasteiger partial charge >= 0.3 is 0 Å². The molecule has 0 bridgehead atoms. The number of carbonyl (C=O) groups is 2. The van der Waals surface area contributed by atoms with Crippen molar-refractivity contribution in [2.75, 3.05) is 32.4 Å². The van der Waals surface area contributed by atoms with Crippen molar-refractivity contribution >= 4 is 23.6 Å². The maximum Gasteiger partial charge on any atom is 0.246 e. The van der Waals surface area contributed by atoms with Crippen LogP contribution in [-0.2, 0) is 21.9 Å². The Hall–Kier alpha value is -1.61. The Labute approximate surface area is 151 Å². The standard InChI is InChI=1S/C16H25N5O3S/c1-25-10-13-19-14(24-20-13)9-18-15(22)11-6-12(8-17-7-11)16(23)21-4-2-3-5-21/h11-12,17H,2-10H2,1H3,(H,18,22). The Bertz CT molecular complexity index is 602. The quantitative estimate of drug-likeness (QED) is 0.750. The van der Waals surface area contributed by atoms with Crippen LogP contribution in [0.4, 0.5) is 0 Å². The fourth-order valence-electron chi connectivity index (χ4n) is 3.38. The van der Waals surface area contributed by atoms with E-state index >= 15 is 0 Å². The van der Waals surface area contributed by atoms with Crippen LogP contribution < -0.4 is 10.6 Å². The van der Waals surface area contributed by atoms with Gasteiger partial charge in [-0.05, 0) is 25.5 Å². The van der Waals surface area contributed by atoms with Gasteiger partial charge in [-0.15, -0.1) is 0 Å². The molecule has 8 nitrogen and oxygen atoms in total. The van der Waals surface area contributed by atoms with E-state index in [-0.39, 0.29) is 30.2 Å². The van der Waals surface area contributed by atoms with Gasteiger partial charge < -0.3 is 20.1 Å². The number of hydrogen-bond acceptors (Lipinski definition) is 7. The van der Waals surface area contributed by atoms with Gasteiger partial charge in [-0.1, -0.05) is 5.16 Å². The minimum absolute atomic E-state index is 0.0731. The van der Waals surface area contributed by atoms with E-state index in [9.17, 15) is 9.59 Å². The Morgan fingerprint density at radius 2 is 2.08 bits per heavy atom. The molecule has 2 aliphatic heterocycles. The summed E-state index contributed by atoms with van der Waals surface area (Å²) < 4.78 is 5.12. The van der Waals surface area contributed by atoms with E-state index in [0.717, 1.165) is 25.9 Å². The molecule has 138 valence electrons. The molecule has 0 saturated carbocycles. The molecule has 0 radical (unpaired) electrons. The number of likely N-dealkylation sites (tertiary alicyclic amines) is 1. The molecular formula is C16H25N5O3S. The van der Waals surface area contributed by atoms with Crippen LogP contribution in [0.1, 0.15) is 31.0 Å². The molecule has 2 unspecified atom stereocenters. The number of amides is 2. The van der Waals surface area contributed by atoms with Crippen LogP contribution in [0.3, 0.4) is 0 Å². The van der Waals surface area contributed by atoms with Gasteiger partial charge in [-0.2, -0.15) is 16.7 Å². The summed E-state index contributed by atoms with van der Waals surface area (Å²) in [6.45, 7) is 3.17. The smallest absolute Gasteiger partial charge is 0.246 e. The van der Waals surface area contributed by atoms with Crippen molar-refractivity contribution in [1.29, 1.82) is 0 Å². The van der Waals surface area contributed by atoms with Crippen molar-refractivity contribution in [2.24, 2.45) is 11.8 Å². The highest BCUT2D eigenvalue weighted by Crippen LogP contribution is 2.21. The van der Waals surface area contributed by atoms with Gasteiger partial charge in [0.05, 0.1) is 24.1 Å². The molecule has 2 amide bonds. The monoisotopic (exact) mass is 367 g/mol. The molecule has 9 heteroatoms. The average molecular weight is 367 g/mol. The average Bonchev–Trinajstić information content (AvgIpc) is 3.31. The Morgan fingerprint density at radius 1 is 1.32 bits per heavy atom. The molecule has 1 aromatic rings. The van der Waals surface area contributed by atoms with Crippen molar-refractivity contribution in [3.63, 3.8) is 0 Å². The highest BCUT2D eigenvalue weighted by atomic mass is 32.2. The second-order valence-corrected chi connectivity index (χ2v) is 7.44.